The number of ketones is 1. The Labute approximate surface area is 178 Å². The number of aryl methyl sites for hydroxylation is 1. The number of ether oxygens (including phenoxy) is 1. The number of carbonyl (C=O) groups excluding carboxylic acids is 2. The van der Waals surface area contributed by atoms with Crippen LogP contribution in [-0.2, 0) is 17.7 Å². The van der Waals surface area contributed by atoms with E-state index in [2.05, 4.69) is 14.9 Å². The summed E-state index contributed by atoms with van der Waals surface area (Å²) in [7, 11) is 0. The summed E-state index contributed by atoms with van der Waals surface area (Å²) in [6.45, 7) is 10.9. The monoisotopic (exact) mass is 412 g/mol. The minimum atomic E-state index is -0.0544. The SMILES string of the molecule is CCc1c(C(=O)N(CCCN2CCOCC2)Cc2ccncc2)[nH]c(C)c1C(C)=O. The zero-order chi connectivity index (χ0) is 21.5. The number of morpholine rings is 1. The second-order valence-corrected chi connectivity index (χ2v) is 7.78. The van der Waals surface area contributed by atoms with E-state index in [1.807, 2.05) is 30.9 Å². The average molecular weight is 413 g/mol. The number of amides is 1. The van der Waals surface area contributed by atoms with Crippen LogP contribution in [0.5, 0.6) is 0 Å². The summed E-state index contributed by atoms with van der Waals surface area (Å²) in [5, 5.41) is 0. The Morgan fingerprint density at radius 1 is 1.23 bits per heavy atom. The van der Waals surface area contributed by atoms with Gasteiger partial charge in [0.05, 0.1) is 13.2 Å². The van der Waals surface area contributed by atoms with Crippen molar-refractivity contribution in [3.63, 3.8) is 0 Å². The van der Waals surface area contributed by atoms with Crippen LogP contribution >= 0.6 is 0 Å². The molecule has 3 rings (SSSR count). The van der Waals surface area contributed by atoms with E-state index < -0.39 is 0 Å². The highest BCUT2D eigenvalue weighted by atomic mass is 16.5. The Morgan fingerprint density at radius 2 is 1.93 bits per heavy atom. The Kier molecular flexibility index (Phi) is 7.76. The lowest BCUT2D eigenvalue weighted by Crippen LogP contribution is -2.39. The molecule has 0 radical (unpaired) electrons. The van der Waals surface area contributed by atoms with Crippen molar-refractivity contribution in [1.82, 2.24) is 19.8 Å². The van der Waals surface area contributed by atoms with Crippen LogP contribution in [0.1, 0.15) is 57.9 Å². The van der Waals surface area contributed by atoms with E-state index >= 15 is 0 Å². The number of rotatable bonds is 9. The number of aromatic nitrogens is 2. The summed E-state index contributed by atoms with van der Waals surface area (Å²) in [6, 6.07) is 3.87. The molecule has 162 valence electrons. The number of nitrogens with zero attached hydrogens (tertiary/aromatic N) is 3. The molecule has 1 saturated heterocycles. The molecule has 0 bridgehead atoms. The molecule has 30 heavy (non-hydrogen) atoms. The van der Waals surface area contributed by atoms with Gasteiger partial charge in [-0.3, -0.25) is 19.5 Å². The smallest absolute Gasteiger partial charge is 0.270 e. The van der Waals surface area contributed by atoms with Crippen LogP contribution in [0.3, 0.4) is 0 Å². The first-order valence-electron chi connectivity index (χ1n) is 10.7. The zero-order valence-corrected chi connectivity index (χ0v) is 18.2. The molecule has 3 heterocycles. The molecule has 1 amide bonds. The van der Waals surface area contributed by atoms with Crippen molar-refractivity contribution in [3.05, 3.63) is 52.6 Å². The van der Waals surface area contributed by atoms with Gasteiger partial charge in [-0.05, 0) is 49.9 Å². The van der Waals surface area contributed by atoms with Crippen LogP contribution in [0.25, 0.3) is 0 Å². The van der Waals surface area contributed by atoms with Gasteiger partial charge in [-0.1, -0.05) is 6.92 Å². The molecule has 1 aliphatic rings. The molecule has 1 aliphatic heterocycles. The molecule has 0 aliphatic carbocycles. The molecule has 0 aromatic carbocycles. The van der Waals surface area contributed by atoms with Crippen LogP contribution in [-0.4, -0.2) is 70.9 Å². The highest BCUT2D eigenvalue weighted by Crippen LogP contribution is 2.22. The Morgan fingerprint density at radius 3 is 2.57 bits per heavy atom. The fraction of sp³-hybridized carbons (Fsp3) is 0.522. The second kappa shape index (κ2) is 10.5. The van der Waals surface area contributed by atoms with Crippen molar-refractivity contribution in [2.75, 3.05) is 39.4 Å². The van der Waals surface area contributed by atoms with E-state index in [4.69, 9.17) is 4.74 Å². The number of aromatic amines is 1. The molecular weight excluding hydrogens is 380 g/mol. The van der Waals surface area contributed by atoms with Gasteiger partial charge in [0.25, 0.3) is 5.91 Å². The van der Waals surface area contributed by atoms with Gasteiger partial charge in [-0.2, -0.15) is 0 Å². The number of H-pyrrole nitrogens is 1. The normalized spacial score (nSPS) is 14.6. The predicted octanol–water partition coefficient (Wildman–Crippen LogP) is 2.85. The summed E-state index contributed by atoms with van der Waals surface area (Å²) in [5.74, 6) is -0.0612. The van der Waals surface area contributed by atoms with E-state index in [1.54, 1.807) is 19.3 Å². The van der Waals surface area contributed by atoms with Crippen LogP contribution in [0, 0.1) is 6.92 Å². The van der Waals surface area contributed by atoms with Gasteiger partial charge in [-0.25, -0.2) is 0 Å². The molecule has 2 aromatic heterocycles. The molecule has 7 nitrogen and oxygen atoms in total. The summed E-state index contributed by atoms with van der Waals surface area (Å²) in [5.41, 5.74) is 3.81. The summed E-state index contributed by atoms with van der Waals surface area (Å²) >= 11 is 0. The molecule has 0 atom stereocenters. The van der Waals surface area contributed by atoms with Gasteiger partial charge in [0, 0.05) is 56.4 Å². The van der Waals surface area contributed by atoms with Crippen molar-refractivity contribution in [2.24, 2.45) is 0 Å². The topological polar surface area (TPSA) is 78.5 Å². The maximum atomic E-state index is 13.5. The molecule has 2 aromatic rings. The Balaban J connectivity index is 1.79. The minimum absolute atomic E-state index is 0.00680. The summed E-state index contributed by atoms with van der Waals surface area (Å²) in [4.78, 5) is 37.2. The van der Waals surface area contributed by atoms with Crippen molar-refractivity contribution in [3.8, 4) is 0 Å². The van der Waals surface area contributed by atoms with Gasteiger partial charge < -0.3 is 14.6 Å². The highest BCUT2D eigenvalue weighted by molar-refractivity contribution is 6.02. The van der Waals surface area contributed by atoms with Gasteiger partial charge in [0.1, 0.15) is 5.69 Å². The molecule has 0 spiro atoms. The van der Waals surface area contributed by atoms with Gasteiger partial charge >= 0.3 is 0 Å². The molecule has 0 unspecified atom stereocenters. The maximum Gasteiger partial charge on any atom is 0.270 e. The third kappa shape index (κ3) is 5.34. The second-order valence-electron chi connectivity index (χ2n) is 7.78. The minimum Gasteiger partial charge on any atom is -0.379 e. The number of nitrogens with one attached hydrogen (secondary N) is 1. The van der Waals surface area contributed by atoms with Gasteiger partial charge in [0.2, 0.25) is 0 Å². The van der Waals surface area contributed by atoms with Crippen molar-refractivity contribution in [1.29, 1.82) is 0 Å². The molecule has 0 saturated carbocycles. The first-order chi connectivity index (χ1) is 14.5. The highest BCUT2D eigenvalue weighted by Gasteiger charge is 2.25. The molecule has 1 fully saturated rings. The molecular formula is C23H32N4O3. The van der Waals surface area contributed by atoms with Crippen LogP contribution in [0.15, 0.2) is 24.5 Å². The number of hydrogen-bond donors (Lipinski definition) is 1. The lowest BCUT2D eigenvalue weighted by molar-refractivity contribution is 0.0355. The third-order valence-corrected chi connectivity index (χ3v) is 5.63. The maximum absolute atomic E-state index is 13.5. The molecule has 1 N–H and O–H groups in total. The van der Waals surface area contributed by atoms with E-state index in [0.717, 1.165) is 56.1 Å². The first-order valence-corrected chi connectivity index (χ1v) is 10.7. The van der Waals surface area contributed by atoms with Crippen LogP contribution in [0.2, 0.25) is 0 Å². The predicted molar refractivity (Wildman–Crippen MR) is 116 cm³/mol. The van der Waals surface area contributed by atoms with Crippen LogP contribution < -0.4 is 0 Å². The lowest BCUT2D eigenvalue weighted by atomic mass is 10.0. The van der Waals surface area contributed by atoms with Gasteiger partial charge in [0.15, 0.2) is 5.78 Å². The number of Topliss-reactive ketones (excluding diaryl/α,β-unsaturated/α-hetero) is 1. The largest absolute Gasteiger partial charge is 0.379 e. The van der Waals surface area contributed by atoms with E-state index in [1.165, 1.54) is 0 Å². The van der Waals surface area contributed by atoms with Crippen molar-refractivity contribution < 1.29 is 14.3 Å². The third-order valence-electron chi connectivity index (χ3n) is 5.63. The Bertz CT molecular complexity index is 857. The quantitative estimate of drug-likeness (QED) is 0.641. The summed E-state index contributed by atoms with van der Waals surface area (Å²) in [6.07, 6.45) is 5.01. The number of pyridine rings is 1. The molecule has 7 heteroatoms. The van der Waals surface area contributed by atoms with E-state index in [-0.39, 0.29) is 11.7 Å². The lowest BCUT2D eigenvalue weighted by Gasteiger charge is -2.28. The van der Waals surface area contributed by atoms with Crippen molar-refractivity contribution in [2.45, 2.75) is 40.2 Å². The number of carbonyl (C=O) groups is 2. The summed E-state index contributed by atoms with van der Waals surface area (Å²) < 4.78 is 5.42. The number of hydrogen-bond acceptors (Lipinski definition) is 5. The van der Waals surface area contributed by atoms with Crippen molar-refractivity contribution >= 4 is 11.7 Å². The van der Waals surface area contributed by atoms with E-state index in [9.17, 15) is 9.59 Å². The van der Waals surface area contributed by atoms with Crippen LogP contribution in [0.4, 0.5) is 0 Å². The standard InChI is InChI=1S/C23H32N4O3/c1-4-20-21(18(3)28)17(2)25-22(20)23(29)27(16-19-6-8-24-9-7-19)11-5-10-26-12-14-30-15-13-26/h6-9,25H,4-5,10-16H2,1-3H3. The zero-order valence-electron chi connectivity index (χ0n) is 18.2. The average Bonchev–Trinajstić information content (AvgIpc) is 3.10. The first kappa shape index (κ1) is 22.2. The fourth-order valence-corrected chi connectivity index (χ4v) is 4.12. The van der Waals surface area contributed by atoms with E-state index in [0.29, 0.717) is 30.8 Å². The fourth-order valence-electron chi connectivity index (χ4n) is 4.12. The Hall–Kier alpha value is -2.51. The van der Waals surface area contributed by atoms with Gasteiger partial charge in [-0.15, -0.1) is 0 Å².